The SMILES string of the molecule is OC(CN1CCCC(COc2ccc(OC(F)(F)F)cc2)C1)C1(c2ccc(OC(F)(F)F)cc2)CCC1. The third-order valence-electron chi connectivity index (χ3n) is 7.12. The average Bonchev–Trinajstić information content (AvgIpc) is 2.77. The van der Waals surface area contributed by atoms with Crippen LogP contribution in [0.5, 0.6) is 17.2 Å². The van der Waals surface area contributed by atoms with E-state index in [1.165, 1.54) is 36.4 Å². The summed E-state index contributed by atoms with van der Waals surface area (Å²) in [4.78, 5) is 2.17. The first-order valence-corrected chi connectivity index (χ1v) is 12.2. The molecule has 1 saturated carbocycles. The monoisotopic (exact) mass is 533 g/mol. The van der Waals surface area contributed by atoms with Gasteiger partial charge < -0.3 is 24.2 Å². The van der Waals surface area contributed by atoms with Crippen LogP contribution < -0.4 is 14.2 Å². The van der Waals surface area contributed by atoms with E-state index in [0.29, 0.717) is 25.4 Å². The zero-order chi connectivity index (χ0) is 26.7. The zero-order valence-corrected chi connectivity index (χ0v) is 20.0. The Morgan fingerprint density at radius 1 is 0.838 bits per heavy atom. The van der Waals surface area contributed by atoms with Crippen molar-refractivity contribution in [3.05, 3.63) is 54.1 Å². The lowest BCUT2D eigenvalue weighted by Gasteiger charge is -2.48. The maximum absolute atomic E-state index is 12.5. The fourth-order valence-corrected chi connectivity index (χ4v) is 5.18. The van der Waals surface area contributed by atoms with Crippen LogP contribution in [-0.2, 0) is 5.41 Å². The molecule has 1 N–H and O–H groups in total. The van der Waals surface area contributed by atoms with Gasteiger partial charge in [0, 0.05) is 24.4 Å². The Hall–Kier alpha value is -2.66. The highest BCUT2D eigenvalue weighted by molar-refractivity contribution is 5.35. The number of rotatable bonds is 9. The molecule has 0 spiro atoms. The maximum Gasteiger partial charge on any atom is 0.573 e. The first-order valence-electron chi connectivity index (χ1n) is 12.2. The summed E-state index contributed by atoms with van der Waals surface area (Å²) < 4.78 is 88.0. The first kappa shape index (κ1) is 27.4. The van der Waals surface area contributed by atoms with Crippen LogP contribution in [0.1, 0.15) is 37.7 Å². The lowest BCUT2D eigenvalue weighted by molar-refractivity contribution is -0.275. The Balaban J connectivity index is 1.30. The number of aliphatic hydroxyl groups is 1. The van der Waals surface area contributed by atoms with E-state index >= 15 is 0 Å². The van der Waals surface area contributed by atoms with Gasteiger partial charge in [-0.05, 0) is 74.2 Å². The number of aliphatic hydroxyl groups excluding tert-OH is 1. The number of β-amino-alcohol motifs (C(OH)–C–C–N with tert-alkyl or cyclic N) is 1. The second kappa shape index (κ2) is 11.0. The van der Waals surface area contributed by atoms with Gasteiger partial charge in [0.15, 0.2) is 0 Å². The molecule has 2 aromatic carbocycles. The van der Waals surface area contributed by atoms with Crippen molar-refractivity contribution in [3.63, 3.8) is 0 Å². The molecule has 37 heavy (non-hydrogen) atoms. The number of hydrogen-bond donors (Lipinski definition) is 1. The highest BCUT2D eigenvalue weighted by Gasteiger charge is 2.45. The van der Waals surface area contributed by atoms with Gasteiger partial charge in [0.2, 0.25) is 0 Å². The molecule has 1 aliphatic heterocycles. The number of nitrogens with zero attached hydrogens (tertiary/aromatic N) is 1. The fraction of sp³-hybridized carbons (Fsp3) is 0.538. The predicted octanol–water partition coefficient (Wildman–Crippen LogP) is 6.06. The molecule has 1 aliphatic carbocycles. The van der Waals surface area contributed by atoms with Crippen LogP contribution in [0.2, 0.25) is 0 Å². The number of halogens is 6. The van der Waals surface area contributed by atoms with E-state index in [1.807, 2.05) is 0 Å². The molecule has 0 bridgehead atoms. The number of piperidine rings is 1. The number of likely N-dealkylation sites (tertiary alicyclic amines) is 1. The van der Waals surface area contributed by atoms with Crippen LogP contribution in [0.15, 0.2) is 48.5 Å². The highest BCUT2D eigenvalue weighted by Crippen LogP contribution is 2.47. The van der Waals surface area contributed by atoms with Crippen LogP contribution in [0.4, 0.5) is 26.3 Å². The number of benzene rings is 2. The van der Waals surface area contributed by atoms with Crippen LogP contribution >= 0.6 is 0 Å². The Kier molecular flexibility index (Phi) is 8.13. The minimum atomic E-state index is -4.76. The molecule has 204 valence electrons. The van der Waals surface area contributed by atoms with Gasteiger partial charge in [0.25, 0.3) is 0 Å². The van der Waals surface area contributed by atoms with Crippen molar-refractivity contribution in [1.82, 2.24) is 4.90 Å². The Bertz CT molecular complexity index is 1010. The van der Waals surface area contributed by atoms with Crippen molar-refractivity contribution in [2.45, 2.75) is 56.3 Å². The molecule has 2 aromatic rings. The lowest BCUT2D eigenvalue weighted by Crippen LogP contribution is -2.52. The van der Waals surface area contributed by atoms with Crippen LogP contribution in [0, 0.1) is 5.92 Å². The van der Waals surface area contributed by atoms with Crippen LogP contribution in [0.3, 0.4) is 0 Å². The molecule has 2 unspecified atom stereocenters. The minimum absolute atomic E-state index is 0.184. The summed E-state index contributed by atoms with van der Waals surface area (Å²) in [5.41, 5.74) is 0.302. The molecule has 1 saturated heterocycles. The Morgan fingerprint density at radius 2 is 1.38 bits per heavy atom. The van der Waals surface area contributed by atoms with E-state index < -0.39 is 24.2 Å². The van der Waals surface area contributed by atoms with Crippen molar-refractivity contribution >= 4 is 0 Å². The second-order valence-electron chi connectivity index (χ2n) is 9.70. The number of hydrogen-bond acceptors (Lipinski definition) is 5. The largest absolute Gasteiger partial charge is 0.573 e. The summed E-state index contributed by atoms with van der Waals surface area (Å²) in [7, 11) is 0. The Labute approximate surface area is 210 Å². The summed E-state index contributed by atoms with van der Waals surface area (Å²) in [6, 6.07) is 11.0. The zero-order valence-electron chi connectivity index (χ0n) is 20.0. The molecule has 2 fully saturated rings. The van der Waals surface area contributed by atoms with E-state index in [4.69, 9.17) is 4.74 Å². The minimum Gasteiger partial charge on any atom is -0.493 e. The van der Waals surface area contributed by atoms with Gasteiger partial charge in [-0.1, -0.05) is 18.6 Å². The third-order valence-corrected chi connectivity index (χ3v) is 7.12. The molecular weight excluding hydrogens is 504 g/mol. The summed E-state index contributed by atoms with van der Waals surface area (Å²) >= 11 is 0. The Morgan fingerprint density at radius 3 is 1.89 bits per heavy atom. The lowest BCUT2D eigenvalue weighted by atomic mass is 9.61. The molecule has 2 atom stereocenters. The second-order valence-corrected chi connectivity index (χ2v) is 9.70. The van der Waals surface area contributed by atoms with Gasteiger partial charge in [-0.25, -0.2) is 0 Å². The topological polar surface area (TPSA) is 51.2 Å². The normalized spacial score (nSPS) is 21.1. The highest BCUT2D eigenvalue weighted by atomic mass is 19.4. The first-order chi connectivity index (χ1) is 17.4. The van der Waals surface area contributed by atoms with Crippen LogP contribution in [-0.4, -0.2) is 55.1 Å². The third kappa shape index (κ3) is 7.44. The molecule has 0 aromatic heterocycles. The van der Waals surface area contributed by atoms with Crippen molar-refractivity contribution < 1.29 is 45.7 Å². The van der Waals surface area contributed by atoms with E-state index in [-0.39, 0.29) is 17.4 Å². The van der Waals surface area contributed by atoms with Gasteiger partial charge in [0.1, 0.15) is 17.2 Å². The van der Waals surface area contributed by atoms with Crippen LogP contribution in [0.25, 0.3) is 0 Å². The van der Waals surface area contributed by atoms with E-state index in [9.17, 15) is 31.4 Å². The predicted molar refractivity (Wildman–Crippen MR) is 122 cm³/mol. The smallest absolute Gasteiger partial charge is 0.493 e. The van der Waals surface area contributed by atoms with Gasteiger partial charge in [-0.2, -0.15) is 0 Å². The van der Waals surface area contributed by atoms with Crippen molar-refractivity contribution in [2.75, 3.05) is 26.2 Å². The molecule has 11 heteroatoms. The molecule has 5 nitrogen and oxygen atoms in total. The summed E-state index contributed by atoms with van der Waals surface area (Å²) in [6.07, 6.45) is -5.92. The van der Waals surface area contributed by atoms with E-state index in [0.717, 1.165) is 44.2 Å². The van der Waals surface area contributed by atoms with Crippen molar-refractivity contribution in [2.24, 2.45) is 5.92 Å². The summed E-state index contributed by atoms with van der Waals surface area (Å²) in [5, 5.41) is 11.2. The summed E-state index contributed by atoms with van der Waals surface area (Å²) in [5.74, 6) is 0.0213. The summed E-state index contributed by atoms with van der Waals surface area (Å²) in [6.45, 7) is 2.32. The van der Waals surface area contributed by atoms with Gasteiger partial charge in [-0.3, -0.25) is 0 Å². The molecule has 4 rings (SSSR count). The number of alkyl halides is 6. The molecule has 2 aliphatic rings. The van der Waals surface area contributed by atoms with E-state index in [1.54, 1.807) is 12.1 Å². The average molecular weight is 534 g/mol. The molecule has 0 amide bonds. The molecule has 1 heterocycles. The van der Waals surface area contributed by atoms with Gasteiger partial charge in [0.05, 0.1) is 12.7 Å². The van der Waals surface area contributed by atoms with Crippen molar-refractivity contribution in [3.8, 4) is 17.2 Å². The van der Waals surface area contributed by atoms with Gasteiger partial charge >= 0.3 is 12.7 Å². The number of ether oxygens (including phenoxy) is 3. The maximum atomic E-state index is 12.5. The van der Waals surface area contributed by atoms with E-state index in [2.05, 4.69) is 14.4 Å². The van der Waals surface area contributed by atoms with Crippen molar-refractivity contribution in [1.29, 1.82) is 0 Å². The quantitative estimate of drug-likeness (QED) is 0.398. The molecule has 0 radical (unpaired) electrons. The molecular formula is C26H29F6NO4. The van der Waals surface area contributed by atoms with Gasteiger partial charge in [-0.15, -0.1) is 26.3 Å². The fourth-order valence-electron chi connectivity index (χ4n) is 5.18. The standard InChI is InChI=1S/C26H29F6NO4/c27-25(28,29)36-21-6-4-19(5-7-21)24(12-2-13-24)23(34)16-33-14-1-3-18(15-33)17-35-20-8-10-22(11-9-20)37-26(30,31)32/h4-11,18,23,34H,1-3,12-17H2.